The predicted octanol–water partition coefficient (Wildman–Crippen LogP) is 3.37. The van der Waals surface area contributed by atoms with Crippen LogP contribution in [0.1, 0.15) is 22.7 Å². The number of ether oxygens (including phenoxy) is 1. The van der Waals surface area contributed by atoms with Crippen molar-refractivity contribution in [2.45, 2.75) is 25.1 Å². The first-order valence-electron chi connectivity index (χ1n) is 11.4. The third-order valence-corrected chi connectivity index (χ3v) is 5.71. The van der Waals surface area contributed by atoms with Crippen LogP contribution in [0.15, 0.2) is 91.1 Å². The molecule has 3 aromatic carbocycles. The van der Waals surface area contributed by atoms with E-state index in [1.165, 1.54) is 0 Å². The van der Waals surface area contributed by atoms with Gasteiger partial charge in [0.1, 0.15) is 18.7 Å². The number of nitrogens with one attached hydrogen (secondary N) is 4. The molecule has 0 saturated heterocycles. The highest BCUT2D eigenvalue weighted by molar-refractivity contribution is 5.92. The molecule has 4 aromatic rings. The molecular formula is C27H26N4O5. The van der Waals surface area contributed by atoms with Crippen molar-refractivity contribution in [3.63, 3.8) is 0 Å². The zero-order chi connectivity index (χ0) is 25.3. The Kier molecular flexibility index (Phi) is 7.94. The SMILES string of the molecule is O=C(N[C@H](C(=O)N[C@@H](Cc1c[nH]c2ccccc12)C(=O)NO)c1ccccc1)OCc1ccccc1. The second-order valence-electron chi connectivity index (χ2n) is 8.15. The summed E-state index contributed by atoms with van der Waals surface area (Å²) in [4.78, 5) is 41.4. The monoisotopic (exact) mass is 486 g/mol. The molecule has 0 unspecified atom stereocenters. The van der Waals surface area contributed by atoms with E-state index >= 15 is 0 Å². The molecule has 0 bridgehead atoms. The van der Waals surface area contributed by atoms with Crippen LogP contribution in [0.2, 0.25) is 0 Å². The number of hydrogen-bond acceptors (Lipinski definition) is 5. The Balaban J connectivity index is 1.50. The number of amides is 3. The van der Waals surface area contributed by atoms with Crippen LogP contribution in [0.3, 0.4) is 0 Å². The number of alkyl carbamates (subject to hydrolysis) is 1. The molecule has 9 nitrogen and oxygen atoms in total. The van der Waals surface area contributed by atoms with Gasteiger partial charge in [-0.3, -0.25) is 14.8 Å². The lowest BCUT2D eigenvalue weighted by atomic mass is 10.0. The van der Waals surface area contributed by atoms with E-state index in [9.17, 15) is 19.6 Å². The van der Waals surface area contributed by atoms with Gasteiger partial charge in [-0.1, -0.05) is 78.9 Å². The number of hydrogen-bond donors (Lipinski definition) is 5. The molecule has 0 saturated carbocycles. The fourth-order valence-electron chi connectivity index (χ4n) is 3.89. The van der Waals surface area contributed by atoms with E-state index in [1.807, 2.05) is 54.6 Å². The molecule has 2 atom stereocenters. The van der Waals surface area contributed by atoms with E-state index in [0.717, 1.165) is 22.0 Å². The summed E-state index contributed by atoms with van der Waals surface area (Å²) in [6, 6.07) is 23.1. The minimum absolute atomic E-state index is 0.0336. The Labute approximate surface area is 207 Å². The van der Waals surface area contributed by atoms with E-state index < -0.39 is 30.0 Å². The second kappa shape index (κ2) is 11.7. The van der Waals surface area contributed by atoms with Crippen molar-refractivity contribution in [2.75, 3.05) is 0 Å². The van der Waals surface area contributed by atoms with Crippen LogP contribution >= 0.6 is 0 Å². The fraction of sp³-hybridized carbons (Fsp3) is 0.148. The maximum Gasteiger partial charge on any atom is 0.408 e. The van der Waals surface area contributed by atoms with Gasteiger partial charge in [0.2, 0.25) is 5.91 Å². The summed E-state index contributed by atoms with van der Waals surface area (Å²) >= 11 is 0. The fourth-order valence-corrected chi connectivity index (χ4v) is 3.89. The summed E-state index contributed by atoms with van der Waals surface area (Å²) in [6.07, 6.45) is 1.08. The summed E-state index contributed by atoms with van der Waals surface area (Å²) in [7, 11) is 0. The quantitative estimate of drug-likeness (QED) is 0.183. The summed E-state index contributed by atoms with van der Waals surface area (Å²) in [6.45, 7) is 0.0336. The number of aromatic amines is 1. The van der Waals surface area contributed by atoms with E-state index in [-0.39, 0.29) is 13.0 Å². The average Bonchev–Trinajstić information content (AvgIpc) is 3.33. The van der Waals surface area contributed by atoms with Gasteiger partial charge < -0.3 is 20.4 Å². The number of fused-ring (bicyclic) bond motifs is 1. The molecule has 0 spiro atoms. The van der Waals surface area contributed by atoms with Gasteiger partial charge in [0, 0.05) is 23.5 Å². The topological polar surface area (TPSA) is 133 Å². The van der Waals surface area contributed by atoms with Gasteiger partial charge in [-0.05, 0) is 22.8 Å². The van der Waals surface area contributed by atoms with E-state index in [1.54, 1.807) is 42.0 Å². The zero-order valence-corrected chi connectivity index (χ0v) is 19.3. The molecule has 3 amide bonds. The van der Waals surface area contributed by atoms with Crippen molar-refractivity contribution in [2.24, 2.45) is 0 Å². The molecule has 0 radical (unpaired) electrons. The smallest absolute Gasteiger partial charge is 0.408 e. The lowest BCUT2D eigenvalue weighted by Crippen LogP contribution is -2.51. The molecule has 1 aromatic heterocycles. The highest BCUT2D eigenvalue weighted by Crippen LogP contribution is 2.20. The molecule has 0 aliphatic carbocycles. The highest BCUT2D eigenvalue weighted by atomic mass is 16.5. The predicted molar refractivity (Wildman–Crippen MR) is 133 cm³/mol. The molecule has 184 valence electrons. The Morgan fingerprint density at radius 1 is 0.833 bits per heavy atom. The van der Waals surface area contributed by atoms with Gasteiger partial charge >= 0.3 is 6.09 Å². The highest BCUT2D eigenvalue weighted by Gasteiger charge is 2.29. The van der Waals surface area contributed by atoms with Crippen molar-refractivity contribution in [3.05, 3.63) is 108 Å². The molecular weight excluding hydrogens is 460 g/mol. The molecule has 9 heteroatoms. The Bertz CT molecular complexity index is 1320. The van der Waals surface area contributed by atoms with Crippen LogP contribution in [0, 0.1) is 0 Å². The number of rotatable bonds is 9. The van der Waals surface area contributed by atoms with Crippen LogP contribution in [-0.4, -0.2) is 34.1 Å². The third-order valence-electron chi connectivity index (χ3n) is 5.71. The number of hydroxylamine groups is 1. The average molecular weight is 487 g/mol. The lowest BCUT2D eigenvalue weighted by molar-refractivity contribution is -0.135. The molecule has 1 heterocycles. The molecule has 36 heavy (non-hydrogen) atoms. The maximum absolute atomic E-state index is 13.3. The minimum Gasteiger partial charge on any atom is -0.445 e. The summed E-state index contributed by atoms with van der Waals surface area (Å²) in [5.74, 6) is -1.42. The van der Waals surface area contributed by atoms with Gasteiger partial charge in [-0.25, -0.2) is 10.3 Å². The molecule has 0 aliphatic rings. The van der Waals surface area contributed by atoms with Gasteiger partial charge in [-0.2, -0.15) is 0 Å². The summed E-state index contributed by atoms with van der Waals surface area (Å²) < 4.78 is 5.28. The number of para-hydroxylation sites is 1. The third kappa shape index (κ3) is 6.08. The van der Waals surface area contributed by atoms with Gasteiger partial charge in [0.25, 0.3) is 5.91 Å². The van der Waals surface area contributed by atoms with E-state index in [0.29, 0.717) is 5.56 Å². The summed E-state index contributed by atoms with van der Waals surface area (Å²) in [5, 5.41) is 15.4. The van der Waals surface area contributed by atoms with Crippen LogP contribution in [-0.2, 0) is 27.4 Å². The Hall–Kier alpha value is -4.63. The van der Waals surface area contributed by atoms with E-state index in [2.05, 4.69) is 15.6 Å². The van der Waals surface area contributed by atoms with Gasteiger partial charge in [-0.15, -0.1) is 0 Å². The van der Waals surface area contributed by atoms with Crippen molar-refractivity contribution >= 4 is 28.8 Å². The first-order valence-corrected chi connectivity index (χ1v) is 11.4. The van der Waals surface area contributed by atoms with Crippen LogP contribution in [0.5, 0.6) is 0 Å². The number of benzene rings is 3. The van der Waals surface area contributed by atoms with Crippen molar-refractivity contribution in [1.82, 2.24) is 21.1 Å². The lowest BCUT2D eigenvalue weighted by Gasteiger charge is -2.22. The zero-order valence-electron chi connectivity index (χ0n) is 19.3. The normalized spacial score (nSPS) is 12.4. The first-order chi connectivity index (χ1) is 17.5. The summed E-state index contributed by atoms with van der Waals surface area (Å²) in [5.41, 5.74) is 4.58. The second-order valence-corrected chi connectivity index (χ2v) is 8.15. The van der Waals surface area contributed by atoms with E-state index in [4.69, 9.17) is 4.74 Å². The molecule has 5 N–H and O–H groups in total. The Morgan fingerprint density at radius 2 is 1.50 bits per heavy atom. The van der Waals surface area contributed by atoms with Crippen LogP contribution in [0.25, 0.3) is 10.9 Å². The van der Waals surface area contributed by atoms with Crippen molar-refractivity contribution < 1.29 is 24.3 Å². The number of H-pyrrole nitrogens is 1. The number of aromatic nitrogens is 1. The van der Waals surface area contributed by atoms with Crippen LogP contribution in [0.4, 0.5) is 4.79 Å². The standard InChI is InChI=1S/C27H26N4O5/c32-25(31-35)23(15-20-16-28-22-14-8-7-13-21(20)22)29-26(33)24(19-11-5-2-6-12-19)30-27(34)36-17-18-9-3-1-4-10-18/h1-14,16,23-24,28,35H,15,17H2,(H,29,33)(H,30,34)(H,31,32)/t23-,24-/m0/s1. The maximum atomic E-state index is 13.3. The first kappa shape index (κ1) is 24.5. The minimum atomic E-state index is -1.13. The molecule has 4 rings (SSSR count). The van der Waals surface area contributed by atoms with Crippen LogP contribution < -0.4 is 16.1 Å². The molecule has 0 fully saturated rings. The number of carbonyl (C=O) groups is 3. The van der Waals surface area contributed by atoms with Gasteiger partial charge in [0.15, 0.2) is 0 Å². The molecule has 0 aliphatic heterocycles. The Morgan fingerprint density at radius 3 is 2.22 bits per heavy atom. The van der Waals surface area contributed by atoms with Crippen molar-refractivity contribution in [3.8, 4) is 0 Å². The largest absolute Gasteiger partial charge is 0.445 e. The van der Waals surface area contributed by atoms with Crippen molar-refractivity contribution in [1.29, 1.82) is 0 Å². The van der Waals surface area contributed by atoms with Gasteiger partial charge in [0.05, 0.1) is 0 Å². The number of carbonyl (C=O) groups excluding carboxylic acids is 3.